The number of hydrogen-bond donors (Lipinski definition) is 2. The number of hydrogen-bond acceptors (Lipinski definition) is 3. The molecular weight excluding hydrogens is 262 g/mol. The molecule has 1 heterocycles. The van der Waals surface area contributed by atoms with Crippen LogP contribution >= 0.6 is 0 Å². The number of nitrogens with one attached hydrogen (secondary N) is 1. The molecule has 0 bridgehead atoms. The molecule has 2 atom stereocenters. The third-order valence-corrected chi connectivity index (χ3v) is 5.45. The average Bonchev–Trinajstić information content (AvgIpc) is 2.69. The number of aliphatic carboxylic acids is 1. The van der Waals surface area contributed by atoms with Gasteiger partial charge in [0.05, 0.1) is 15.6 Å². The van der Waals surface area contributed by atoms with Gasteiger partial charge in [-0.3, -0.25) is 4.79 Å². The average molecular weight is 279 g/mol. The lowest BCUT2D eigenvalue weighted by atomic mass is 10.00. The maximum atomic E-state index is 11.9. The van der Waals surface area contributed by atoms with Crippen LogP contribution in [0.25, 0.3) is 6.08 Å². The van der Waals surface area contributed by atoms with E-state index < -0.39 is 21.6 Å². The van der Waals surface area contributed by atoms with E-state index in [1.54, 1.807) is 25.1 Å². The summed E-state index contributed by atoms with van der Waals surface area (Å²) in [5.41, 5.74) is 1.62. The zero-order valence-electron chi connectivity index (χ0n) is 10.8. The molecule has 1 aliphatic rings. The number of allylic oxidation sites excluding steroid dienone is 1. The van der Waals surface area contributed by atoms with Gasteiger partial charge in [0.1, 0.15) is 0 Å². The molecule has 1 saturated heterocycles. The Morgan fingerprint density at radius 1 is 1.42 bits per heavy atom. The molecule has 1 aromatic rings. The highest BCUT2D eigenvalue weighted by atomic mass is 32.2. The first-order valence-electron chi connectivity index (χ1n) is 6.20. The molecule has 2 unspecified atom stereocenters. The van der Waals surface area contributed by atoms with Gasteiger partial charge in [-0.1, -0.05) is 24.3 Å². The zero-order valence-corrected chi connectivity index (χ0v) is 11.6. The van der Waals surface area contributed by atoms with E-state index in [1.165, 1.54) is 0 Å². The van der Waals surface area contributed by atoms with Crippen LogP contribution in [0.5, 0.6) is 0 Å². The fourth-order valence-corrected chi connectivity index (χ4v) is 3.74. The normalized spacial score (nSPS) is 26.5. The zero-order chi connectivity index (χ0) is 14.0. The van der Waals surface area contributed by atoms with Crippen LogP contribution in [0.3, 0.4) is 0 Å². The van der Waals surface area contributed by atoms with Crippen molar-refractivity contribution < 1.29 is 14.1 Å². The van der Waals surface area contributed by atoms with Gasteiger partial charge >= 0.3 is 5.97 Å². The van der Waals surface area contributed by atoms with Gasteiger partial charge in [0, 0.05) is 10.7 Å². The van der Waals surface area contributed by atoms with Crippen molar-refractivity contribution in [3.05, 3.63) is 40.3 Å². The van der Waals surface area contributed by atoms with Crippen molar-refractivity contribution in [1.29, 1.82) is 4.78 Å². The minimum atomic E-state index is -2.56. The molecule has 1 aromatic carbocycles. The second-order valence-electron chi connectivity index (χ2n) is 4.82. The first-order valence-corrected chi connectivity index (χ1v) is 7.93. The second kappa shape index (κ2) is 5.17. The topological polar surface area (TPSA) is 78.2 Å². The minimum absolute atomic E-state index is 0.451. The Morgan fingerprint density at radius 2 is 2.05 bits per heavy atom. The van der Waals surface area contributed by atoms with Crippen LogP contribution in [0.2, 0.25) is 0 Å². The third-order valence-electron chi connectivity index (χ3n) is 3.41. The Bertz CT molecular complexity index is 615. The summed E-state index contributed by atoms with van der Waals surface area (Å²) in [7, 11) is -2.56. The Kier molecular flexibility index (Phi) is 3.75. The number of carboxylic acid groups (broad SMARTS) is 1. The van der Waals surface area contributed by atoms with Crippen molar-refractivity contribution in [3.63, 3.8) is 0 Å². The molecule has 0 spiro atoms. The van der Waals surface area contributed by atoms with Gasteiger partial charge in [-0.2, -0.15) is 0 Å². The van der Waals surface area contributed by atoms with Gasteiger partial charge in [0.15, 0.2) is 0 Å². The van der Waals surface area contributed by atoms with Crippen molar-refractivity contribution in [1.82, 2.24) is 0 Å². The molecule has 0 amide bonds. The lowest BCUT2D eigenvalue weighted by Gasteiger charge is -2.07. The molecule has 4 nitrogen and oxygen atoms in total. The van der Waals surface area contributed by atoms with E-state index in [4.69, 9.17) is 9.89 Å². The summed E-state index contributed by atoms with van der Waals surface area (Å²) in [6, 6.07) is 7.17. The first-order chi connectivity index (χ1) is 8.90. The number of benzene rings is 1. The van der Waals surface area contributed by atoms with E-state index in [9.17, 15) is 9.00 Å². The van der Waals surface area contributed by atoms with Crippen LogP contribution in [-0.4, -0.2) is 21.0 Å². The highest BCUT2D eigenvalue weighted by Gasteiger charge is 2.20. The number of carboxylic acids is 1. The SMILES string of the molecule is CC(C(=O)O)c1ccc(/C=C2/CCCS2(=N)=O)cc1. The van der Waals surface area contributed by atoms with E-state index in [0.717, 1.165) is 24.0 Å². The van der Waals surface area contributed by atoms with E-state index >= 15 is 0 Å². The lowest BCUT2D eigenvalue weighted by Crippen LogP contribution is -2.06. The van der Waals surface area contributed by atoms with E-state index in [2.05, 4.69) is 0 Å². The maximum Gasteiger partial charge on any atom is 0.310 e. The maximum absolute atomic E-state index is 11.9. The van der Waals surface area contributed by atoms with Crippen LogP contribution in [0.1, 0.15) is 36.8 Å². The Balaban J connectivity index is 2.25. The van der Waals surface area contributed by atoms with Crippen molar-refractivity contribution in [2.75, 3.05) is 5.75 Å². The molecule has 0 radical (unpaired) electrons. The van der Waals surface area contributed by atoms with Crippen LogP contribution in [0, 0.1) is 4.78 Å². The van der Waals surface area contributed by atoms with Crippen LogP contribution in [-0.2, 0) is 14.5 Å². The van der Waals surface area contributed by atoms with Crippen LogP contribution in [0.4, 0.5) is 0 Å². The summed E-state index contributed by atoms with van der Waals surface area (Å²) >= 11 is 0. The van der Waals surface area contributed by atoms with E-state index in [1.807, 2.05) is 12.1 Å². The van der Waals surface area contributed by atoms with Crippen molar-refractivity contribution in [2.24, 2.45) is 0 Å². The van der Waals surface area contributed by atoms with Gasteiger partial charge in [0.25, 0.3) is 0 Å². The third kappa shape index (κ3) is 3.04. The molecular formula is C14H17NO3S. The fraction of sp³-hybridized carbons (Fsp3) is 0.357. The summed E-state index contributed by atoms with van der Waals surface area (Å²) < 4.78 is 19.6. The molecule has 19 heavy (non-hydrogen) atoms. The number of carbonyl (C=O) groups is 1. The molecule has 1 aliphatic heterocycles. The highest BCUT2D eigenvalue weighted by Crippen LogP contribution is 2.27. The predicted octanol–water partition coefficient (Wildman–Crippen LogP) is 3.06. The van der Waals surface area contributed by atoms with Gasteiger partial charge in [-0.15, -0.1) is 0 Å². The largest absolute Gasteiger partial charge is 0.481 e. The standard InChI is InChI=1S/C14H17NO3S/c1-10(14(16)17)12-6-4-11(5-7-12)9-13-3-2-8-19(13,15)18/h4-7,9-10,15H,2-3,8H2,1H3,(H,16,17)/b13-9-. The molecule has 102 valence electrons. The molecule has 5 heteroatoms. The molecule has 0 aliphatic carbocycles. The number of rotatable bonds is 3. The quantitative estimate of drug-likeness (QED) is 0.892. The Hall–Kier alpha value is -1.62. The van der Waals surface area contributed by atoms with Crippen molar-refractivity contribution >= 4 is 21.8 Å². The molecule has 0 saturated carbocycles. The lowest BCUT2D eigenvalue weighted by molar-refractivity contribution is -0.138. The van der Waals surface area contributed by atoms with Gasteiger partial charge < -0.3 is 5.11 Å². The van der Waals surface area contributed by atoms with Crippen molar-refractivity contribution in [3.8, 4) is 0 Å². The fourth-order valence-electron chi connectivity index (χ4n) is 2.12. The highest BCUT2D eigenvalue weighted by molar-refractivity contribution is 7.96. The van der Waals surface area contributed by atoms with Gasteiger partial charge in [-0.05, 0) is 37.0 Å². The molecule has 1 fully saturated rings. The summed E-state index contributed by atoms with van der Waals surface area (Å²) in [5.74, 6) is -0.933. The van der Waals surface area contributed by atoms with E-state index in [-0.39, 0.29) is 0 Å². The summed E-state index contributed by atoms with van der Waals surface area (Å²) in [6.45, 7) is 1.64. The predicted molar refractivity (Wildman–Crippen MR) is 75.4 cm³/mol. The second-order valence-corrected chi connectivity index (χ2v) is 7.10. The first kappa shape index (κ1) is 13.8. The summed E-state index contributed by atoms with van der Waals surface area (Å²) in [6.07, 6.45) is 3.33. The van der Waals surface area contributed by atoms with Gasteiger partial charge in [-0.25, -0.2) is 8.99 Å². The molecule has 2 N–H and O–H groups in total. The van der Waals surface area contributed by atoms with Gasteiger partial charge in [0.2, 0.25) is 0 Å². The monoisotopic (exact) mass is 279 g/mol. The molecule has 0 aromatic heterocycles. The van der Waals surface area contributed by atoms with E-state index in [0.29, 0.717) is 10.7 Å². The van der Waals surface area contributed by atoms with Crippen molar-refractivity contribution in [2.45, 2.75) is 25.7 Å². The Morgan fingerprint density at radius 3 is 2.53 bits per heavy atom. The van der Waals surface area contributed by atoms with Crippen LogP contribution < -0.4 is 0 Å². The minimum Gasteiger partial charge on any atom is -0.481 e. The molecule has 2 rings (SSSR count). The Labute approximate surface area is 113 Å². The summed E-state index contributed by atoms with van der Waals surface area (Å²) in [5, 5.41) is 8.93. The smallest absolute Gasteiger partial charge is 0.310 e. The summed E-state index contributed by atoms with van der Waals surface area (Å²) in [4.78, 5) is 11.6. The van der Waals surface area contributed by atoms with Crippen LogP contribution in [0.15, 0.2) is 29.2 Å².